The van der Waals surface area contributed by atoms with Crippen LogP contribution in [0.3, 0.4) is 0 Å². The van der Waals surface area contributed by atoms with E-state index >= 15 is 0 Å². The van der Waals surface area contributed by atoms with E-state index in [4.69, 9.17) is 4.74 Å². The van der Waals surface area contributed by atoms with E-state index in [0.717, 1.165) is 6.54 Å². The fraction of sp³-hybridized carbons (Fsp3) is 0.667. The molecule has 6 heteroatoms. The Morgan fingerprint density at radius 3 is 3.11 bits per heavy atom. The average molecular weight is 254 g/mol. The van der Waals surface area contributed by atoms with Crippen molar-refractivity contribution in [2.75, 3.05) is 38.3 Å². The summed E-state index contributed by atoms with van der Waals surface area (Å²) in [4.78, 5) is 10.0. The van der Waals surface area contributed by atoms with Gasteiger partial charge in [0.1, 0.15) is 6.33 Å². The van der Waals surface area contributed by atoms with Crippen molar-refractivity contribution in [2.45, 2.75) is 19.4 Å². The zero-order chi connectivity index (χ0) is 13.0. The van der Waals surface area contributed by atoms with Gasteiger partial charge in [-0.15, -0.1) is 0 Å². The predicted octanol–water partition coefficient (Wildman–Crippen LogP) is 0.603. The number of likely N-dealkylation sites (N-methyl/N-ethyl adjacent to an activating group) is 1. The molecule has 1 aliphatic heterocycles. The van der Waals surface area contributed by atoms with Gasteiger partial charge in [0.15, 0.2) is 11.6 Å². The number of aromatic nitrogens is 2. The lowest BCUT2D eigenvalue weighted by molar-refractivity contribution is 0.0934. The Bertz CT molecular complexity index is 400. The van der Waals surface area contributed by atoms with Crippen LogP contribution in [0.25, 0.3) is 0 Å². The van der Waals surface area contributed by atoms with Gasteiger partial charge in [0, 0.05) is 13.1 Å². The normalized spacial score (nSPS) is 20.2. The van der Waals surface area contributed by atoms with Crippen LogP contribution in [0, 0.1) is 5.82 Å². The molecular weight excluding hydrogens is 235 g/mol. The first-order valence-corrected chi connectivity index (χ1v) is 6.26. The van der Waals surface area contributed by atoms with Crippen LogP contribution in [-0.2, 0) is 11.2 Å². The average Bonchev–Trinajstić information content (AvgIpc) is 2.40. The molecule has 1 unspecified atom stereocenters. The van der Waals surface area contributed by atoms with E-state index in [2.05, 4.69) is 15.3 Å². The zero-order valence-corrected chi connectivity index (χ0v) is 10.8. The molecule has 1 N–H and O–H groups in total. The summed E-state index contributed by atoms with van der Waals surface area (Å²) < 4.78 is 19.7. The summed E-state index contributed by atoms with van der Waals surface area (Å²) in [7, 11) is 1.88. The maximum Gasteiger partial charge on any atom is 0.187 e. The minimum absolute atomic E-state index is 0.109. The minimum Gasteiger partial charge on any atom is -0.377 e. The number of hydrogen-bond donors (Lipinski definition) is 1. The number of nitrogens with zero attached hydrogens (tertiary/aromatic N) is 3. The van der Waals surface area contributed by atoms with Gasteiger partial charge in [0.25, 0.3) is 0 Å². The van der Waals surface area contributed by atoms with Crippen LogP contribution < -0.4 is 10.2 Å². The van der Waals surface area contributed by atoms with Gasteiger partial charge < -0.3 is 15.0 Å². The molecule has 1 aromatic heterocycles. The highest BCUT2D eigenvalue weighted by Gasteiger charge is 2.26. The fourth-order valence-corrected chi connectivity index (χ4v) is 2.18. The largest absolute Gasteiger partial charge is 0.377 e. The summed E-state index contributed by atoms with van der Waals surface area (Å²) in [6, 6.07) is 0.109. The second-order valence-electron chi connectivity index (χ2n) is 4.29. The molecule has 2 heterocycles. The molecule has 1 fully saturated rings. The van der Waals surface area contributed by atoms with Crippen LogP contribution in [0.2, 0.25) is 0 Å². The van der Waals surface area contributed by atoms with Gasteiger partial charge in [0.2, 0.25) is 0 Å². The molecule has 0 aromatic carbocycles. The molecule has 1 aromatic rings. The number of hydrogen-bond acceptors (Lipinski definition) is 5. The van der Waals surface area contributed by atoms with E-state index in [1.54, 1.807) is 0 Å². The van der Waals surface area contributed by atoms with E-state index in [9.17, 15) is 4.39 Å². The SMILES string of the molecule is CCc1ncnc(N2CCOCC2CNC)c1F. The monoisotopic (exact) mass is 254 g/mol. The first-order chi connectivity index (χ1) is 8.77. The molecule has 0 radical (unpaired) electrons. The summed E-state index contributed by atoms with van der Waals surface area (Å²) in [5.74, 6) is 0.0911. The van der Waals surface area contributed by atoms with E-state index in [1.807, 2.05) is 18.9 Å². The quantitative estimate of drug-likeness (QED) is 0.853. The van der Waals surface area contributed by atoms with Crippen molar-refractivity contribution in [3.8, 4) is 0 Å². The second kappa shape index (κ2) is 6.06. The highest BCUT2D eigenvalue weighted by atomic mass is 19.1. The van der Waals surface area contributed by atoms with Crippen molar-refractivity contribution in [1.82, 2.24) is 15.3 Å². The van der Waals surface area contributed by atoms with Crippen molar-refractivity contribution in [3.05, 3.63) is 17.8 Å². The third kappa shape index (κ3) is 2.59. The predicted molar refractivity (Wildman–Crippen MR) is 67.2 cm³/mol. The number of anilines is 1. The third-order valence-electron chi connectivity index (χ3n) is 3.12. The number of rotatable bonds is 4. The summed E-state index contributed by atoms with van der Waals surface area (Å²) in [6.45, 7) is 4.48. The van der Waals surface area contributed by atoms with Gasteiger partial charge in [-0.25, -0.2) is 14.4 Å². The van der Waals surface area contributed by atoms with Crippen molar-refractivity contribution >= 4 is 5.82 Å². The Kier molecular flexibility index (Phi) is 4.43. The van der Waals surface area contributed by atoms with Crippen LogP contribution in [0.4, 0.5) is 10.2 Å². The third-order valence-corrected chi connectivity index (χ3v) is 3.12. The van der Waals surface area contributed by atoms with Gasteiger partial charge in [-0.1, -0.05) is 6.92 Å². The lowest BCUT2D eigenvalue weighted by Crippen LogP contribution is -2.50. The molecule has 1 aliphatic rings. The Hall–Kier alpha value is -1.27. The van der Waals surface area contributed by atoms with E-state index < -0.39 is 0 Å². The van der Waals surface area contributed by atoms with Gasteiger partial charge in [-0.3, -0.25) is 0 Å². The Balaban J connectivity index is 2.27. The number of ether oxygens (including phenoxy) is 1. The Labute approximate surface area is 106 Å². The van der Waals surface area contributed by atoms with Crippen LogP contribution in [0.15, 0.2) is 6.33 Å². The number of nitrogens with one attached hydrogen (secondary N) is 1. The molecule has 2 rings (SSSR count). The first-order valence-electron chi connectivity index (χ1n) is 6.26. The number of aryl methyl sites for hydroxylation is 1. The molecule has 1 saturated heterocycles. The summed E-state index contributed by atoms with van der Waals surface area (Å²) in [5, 5.41) is 3.10. The first kappa shape index (κ1) is 13.2. The Morgan fingerprint density at radius 1 is 1.56 bits per heavy atom. The van der Waals surface area contributed by atoms with E-state index in [1.165, 1.54) is 6.33 Å². The minimum atomic E-state index is -0.303. The fourth-order valence-electron chi connectivity index (χ4n) is 2.18. The molecular formula is C12H19FN4O. The van der Waals surface area contributed by atoms with E-state index in [0.29, 0.717) is 37.7 Å². The summed E-state index contributed by atoms with van der Waals surface area (Å²) in [6.07, 6.45) is 2.01. The molecule has 0 spiro atoms. The lowest BCUT2D eigenvalue weighted by atomic mass is 10.2. The van der Waals surface area contributed by atoms with Gasteiger partial charge >= 0.3 is 0 Å². The van der Waals surface area contributed by atoms with Crippen LogP contribution in [-0.4, -0.2) is 49.4 Å². The molecule has 18 heavy (non-hydrogen) atoms. The maximum absolute atomic E-state index is 14.2. The molecule has 0 saturated carbocycles. The van der Waals surface area contributed by atoms with Crippen molar-refractivity contribution in [1.29, 1.82) is 0 Å². The van der Waals surface area contributed by atoms with Crippen molar-refractivity contribution < 1.29 is 9.13 Å². The zero-order valence-electron chi connectivity index (χ0n) is 10.8. The molecule has 100 valence electrons. The highest BCUT2D eigenvalue weighted by molar-refractivity contribution is 5.43. The van der Waals surface area contributed by atoms with E-state index in [-0.39, 0.29) is 11.9 Å². The van der Waals surface area contributed by atoms with Gasteiger partial charge in [-0.2, -0.15) is 0 Å². The van der Waals surface area contributed by atoms with Gasteiger partial charge in [-0.05, 0) is 13.5 Å². The number of morpholine rings is 1. The maximum atomic E-state index is 14.2. The summed E-state index contributed by atoms with van der Waals surface area (Å²) >= 11 is 0. The molecule has 0 amide bonds. The molecule has 1 atom stereocenters. The topological polar surface area (TPSA) is 50.3 Å². The lowest BCUT2D eigenvalue weighted by Gasteiger charge is -2.36. The Morgan fingerprint density at radius 2 is 2.39 bits per heavy atom. The van der Waals surface area contributed by atoms with Crippen LogP contribution >= 0.6 is 0 Å². The van der Waals surface area contributed by atoms with Gasteiger partial charge in [0.05, 0.1) is 24.9 Å². The van der Waals surface area contributed by atoms with Crippen molar-refractivity contribution in [3.63, 3.8) is 0 Å². The molecule has 0 aliphatic carbocycles. The molecule has 5 nitrogen and oxygen atoms in total. The van der Waals surface area contributed by atoms with Crippen LogP contribution in [0.5, 0.6) is 0 Å². The van der Waals surface area contributed by atoms with Crippen LogP contribution in [0.1, 0.15) is 12.6 Å². The number of halogens is 1. The standard InChI is InChI=1S/C12H19FN4O/c1-3-10-11(13)12(16-8-15-10)17-4-5-18-7-9(17)6-14-2/h8-9,14H,3-7H2,1-2H3. The second-order valence-corrected chi connectivity index (χ2v) is 4.29. The summed E-state index contributed by atoms with van der Waals surface area (Å²) in [5.41, 5.74) is 0.467. The highest BCUT2D eigenvalue weighted by Crippen LogP contribution is 2.22. The van der Waals surface area contributed by atoms with Crippen molar-refractivity contribution in [2.24, 2.45) is 0 Å². The molecule has 0 bridgehead atoms. The smallest absolute Gasteiger partial charge is 0.187 e.